The fourth-order valence-electron chi connectivity index (χ4n) is 4.27. The monoisotopic (exact) mass is 582 g/mol. The van der Waals surface area contributed by atoms with E-state index in [-0.39, 0.29) is 31.4 Å². The summed E-state index contributed by atoms with van der Waals surface area (Å²) in [4.78, 5) is 65.0. The molecule has 0 aliphatic carbocycles. The smallest absolute Gasteiger partial charge is 0.326 e. The number of amides is 4. The van der Waals surface area contributed by atoms with Gasteiger partial charge < -0.3 is 47.7 Å². The van der Waals surface area contributed by atoms with E-state index in [0.29, 0.717) is 5.56 Å². The number of rotatable bonds is 15. The van der Waals surface area contributed by atoms with Crippen LogP contribution < -0.4 is 27.4 Å². The van der Waals surface area contributed by atoms with E-state index in [9.17, 15) is 39.3 Å². The van der Waals surface area contributed by atoms with Gasteiger partial charge >= 0.3 is 5.97 Å². The molecule has 0 aliphatic rings. The van der Waals surface area contributed by atoms with Crippen molar-refractivity contribution in [1.82, 2.24) is 20.9 Å². The number of nitrogens with one attached hydrogen (secondary N) is 4. The number of aliphatic carboxylic acids is 1. The van der Waals surface area contributed by atoms with Crippen molar-refractivity contribution in [2.75, 3.05) is 6.61 Å². The molecule has 0 spiro atoms. The maximum absolute atomic E-state index is 13.1. The molecule has 1 aromatic heterocycles. The molecule has 3 rings (SSSR count). The minimum atomic E-state index is -1.58. The van der Waals surface area contributed by atoms with Crippen molar-refractivity contribution in [3.63, 3.8) is 0 Å². The summed E-state index contributed by atoms with van der Waals surface area (Å²) >= 11 is 0. The third-order valence-corrected chi connectivity index (χ3v) is 6.57. The van der Waals surface area contributed by atoms with E-state index in [1.165, 1.54) is 24.3 Å². The Labute approximate surface area is 240 Å². The lowest BCUT2D eigenvalue weighted by Gasteiger charge is -2.24. The second kappa shape index (κ2) is 14.6. The summed E-state index contributed by atoms with van der Waals surface area (Å²) in [6.45, 7) is -0.889. The lowest BCUT2D eigenvalue weighted by molar-refractivity contribution is -0.142. The molecule has 42 heavy (non-hydrogen) atoms. The van der Waals surface area contributed by atoms with E-state index >= 15 is 0 Å². The van der Waals surface area contributed by atoms with E-state index in [4.69, 9.17) is 11.5 Å². The highest BCUT2D eigenvalue weighted by atomic mass is 16.4. The highest BCUT2D eigenvalue weighted by Crippen LogP contribution is 2.19. The number of carboxylic acid groups (broad SMARTS) is 1. The van der Waals surface area contributed by atoms with Crippen LogP contribution in [0.3, 0.4) is 0 Å². The average molecular weight is 583 g/mol. The lowest BCUT2D eigenvalue weighted by Crippen LogP contribution is -2.58. The van der Waals surface area contributed by atoms with Gasteiger partial charge in [-0.1, -0.05) is 30.3 Å². The van der Waals surface area contributed by atoms with E-state index in [0.717, 1.165) is 16.5 Å². The zero-order valence-corrected chi connectivity index (χ0v) is 22.6. The largest absolute Gasteiger partial charge is 0.508 e. The van der Waals surface area contributed by atoms with Crippen molar-refractivity contribution in [2.45, 2.75) is 49.9 Å². The fraction of sp³-hybridized carbons (Fsp3) is 0.321. The molecule has 11 N–H and O–H groups in total. The number of benzene rings is 2. The van der Waals surface area contributed by atoms with Crippen LogP contribution >= 0.6 is 0 Å². The highest BCUT2D eigenvalue weighted by molar-refractivity contribution is 5.94. The van der Waals surface area contributed by atoms with Crippen LogP contribution in [0.25, 0.3) is 10.9 Å². The van der Waals surface area contributed by atoms with Gasteiger partial charge in [0.2, 0.25) is 23.6 Å². The maximum atomic E-state index is 13.1. The molecule has 0 fully saturated rings. The molecule has 0 aliphatic heterocycles. The number of aromatic amines is 1. The van der Waals surface area contributed by atoms with E-state index in [2.05, 4.69) is 20.9 Å². The van der Waals surface area contributed by atoms with Gasteiger partial charge in [-0.25, -0.2) is 4.79 Å². The fourth-order valence-corrected chi connectivity index (χ4v) is 4.27. The minimum absolute atomic E-state index is 0.0189. The van der Waals surface area contributed by atoms with Gasteiger partial charge in [-0.15, -0.1) is 0 Å². The Kier molecular flexibility index (Phi) is 11.0. The summed E-state index contributed by atoms with van der Waals surface area (Å²) in [5, 5.41) is 36.7. The molecule has 0 bridgehead atoms. The standard InChI is InChI=1S/C28H34N6O8/c29-19(12-16-13-31-20-4-2-1-3-18(16)20)25(38)32-21(9-10-24(30)37)26(39)34-23(14-35)27(40)33-22(28(41)42)11-15-5-7-17(36)8-6-15/h1-8,13,19,21-23,31,35-36H,9-12,14,29H2,(H2,30,37)(H,32,38)(H,33,40)(H,34,39)(H,41,42). The number of phenolic OH excluding ortho intramolecular Hbond substituents is 1. The highest BCUT2D eigenvalue weighted by Gasteiger charge is 2.30. The van der Waals surface area contributed by atoms with Crippen molar-refractivity contribution < 1.29 is 39.3 Å². The molecule has 1 heterocycles. The van der Waals surface area contributed by atoms with Crippen molar-refractivity contribution in [2.24, 2.45) is 11.5 Å². The van der Waals surface area contributed by atoms with E-state index in [1.54, 1.807) is 6.20 Å². The molecule has 14 nitrogen and oxygen atoms in total. The first-order valence-electron chi connectivity index (χ1n) is 13.1. The third-order valence-electron chi connectivity index (χ3n) is 6.57. The normalized spacial score (nSPS) is 13.9. The van der Waals surface area contributed by atoms with Gasteiger partial charge in [0.1, 0.15) is 23.9 Å². The number of H-pyrrole nitrogens is 1. The number of nitrogens with two attached hydrogens (primary N) is 2. The Balaban J connectivity index is 1.65. The topological polar surface area (TPSA) is 250 Å². The van der Waals surface area contributed by atoms with Crippen molar-refractivity contribution in [3.8, 4) is 5.75 Å². The SMILES string of the molecule is NC(=O)CCC(NC(=O)C(N)Cc1c[nH]c2ccccc12)C(=O)NC(CO)C(=O)NC(Cc1ccc(O)cc1)C(=O)O. The van der Waals surface area contributed by atoms with Crippen molar-refractivity contribution in [1.29, 1.82) is 0 Å². The minimum Gasteiger partial charge on any atom is -0.508 e. The summed E-state index contributed by atoms with van der Waals surface area (Å²) in [6.07, 6.45) is 1.23. The van der Waals surface area contributed by atoms with Crippen LogP contribution in [0.5, 0.6) is 5.75 Å². The second-order valence-electron chi connectivity index (χ2n) is 9.75. The molecule has 3 aromatic rings. The van der Waals surface area contributed by atoms with Gasteiger partial charge in [-0.2, -0.15) is 0 Å². The number of para-hydroxylation sites is 1. The zero-order valence-electron chi connectivity index (χ0n) is 22.6. The summed E-state index contributed by atoms with van der Waals surface area (Å²) in [7, 11) is 0. The quantitative estimate of drug-likeness (QED) is 0.104. The van der Waals surface area contributed by atoms with Crippen LogP contribution in [0.4, 0.5) is 0 Å². The number of fused-ring (bicyclic) bond motifs is 1. The summed E-state index contributed by atoms with van der Waals surface area (Å²) in [6, 6.07) is 7.73. The van der Waals surface area contributed by atoms with Gasteiger partial charge in [0, 0.05) is 29.9 Å². The number of aromatic nitrogens is 1. The lowest BCUT2D eigenvalue weighted by atomic mass is 10.0. The molecular weight excluding hydrogens is 548 g/mol. The molecule has 0 radical (unpaired) electrons. The second-order valence-corrected chi connectivity index (χ2v) is 9.75. The predicted molar refractivity (Wildman–Crippen MR) is 151 cm³/mol. The summed E-state index contributed by atoms with van der Waals surface area (Å²) in [5.74, 6) is -4.73. The molecular formula is C28H34N6O8. The number of aliphatic hydroxyl groups excluding tert-OH is 1. The number of aromatic hydroxyl groups is 1. The number of aliphatic hydroxyl groups is 1. The summed E-state index contributed by atoms with van der Waals surface area (Å²) in [5.41, 5.74) is 13.5. The van der Waals surface area contributed by atoms with Gasteiger partial charge in [0.05, 0.1) is 12.6 Å². The first kappa shape index (κ1) is 31.6. The van der Waals surface area contributed by atoms with Gasteiger partial charge in [-0.3, -0.25) is 19.2 Å². The van der Waals surface area contributed by atoms with E-state index in [1.807, 2.05) is 24.3 Å². The Hall–Kier alpha value is -4.95. The van der Waals surface area contributed by atoms with Crippen molar-refractivity contribution in [3.05, 3.63) is 65.9 Å². The average Bonchev–Trinajstić information content (AvgIpc) is 3.36. The number of hydrogen-bond acceptors (Lipinski definition) is 8. The Bertz CT molecular complexity index is 1420. The van der Waals surface area contributed by atoms with Crippen LogP contribution in [-0.4, -0.2) is 80.7 Å². The molecule has 2 aromatic carbocycles. The summed E-state index contributed by atoms with van der Waals surface area (Å²) < 4.78 is 0. The zero-order chi connectivity index (χ0) is 30.8. The Morgan fingerprint density at radius 2 is 1.45 bits per heavy atom. The van der Waals surface area contributed by atoms with Crippen LogP contribution in [-0.2, 0) is 36.8 Å². The molecule has 4 unspecified atom stereocenters. The maximum Gasteiger partial charge on any atom is 0.326 e. The molecule has 14 heteroatoms. The van der Waals surface area contributed by atoms with Gasteiger partial charge in [-0.05, 0) is 42.2 Å². The Morgan fingerprint density at radius 3 is 2.10 bits per heavy atom. The third kappa shape index (κ3) is 8.78. The molecule has 0 saturated heterocycles. The number of hydrogen-bond donors (Lipinski definition) is 9. The van der Waals surface area contributed by atoms with Crippen molar-refractivity contribution >= 4 is 40.5 Å². The van der Waals surface area contributed by atoms with Crippen LogP contribution in [0, 0.1) is 0 Å². The first-order chi connectivity index (χ1) is 20.0. The number of carboxylic acids is 1. The molecule has 224 valence electrons. The molecule has 4 atom stereocenters. The predicted octanol–water partition coefficient (Wildman–Crippen LogP) is -1.22. The van der Waals surface area contributed by atoms with Gasteiger partial charge in [0.15, 0.2) is 0 Å². The van der Waals surface area contributed by atoms with Gasteiger partial charge in [0.25, 0.3) is 0 Å². The molecule has 0 saturated carbocycles. The number of carbonyl (C=O) groups excluding carboxylic acids is 4. The molecule has 4 amide bonds. The van der Waals surface area contributed by atoms with Crippen LogP contribution in [0.2, 0.25) is 0 Å². The number of phenols is 1. The Morgan fingerprint density at radius 1 is 0.833 bits per heavy atom. The number of carbonyl (C=O) groups is 5. The van der Waals surface area contributed by atoms with Crippen LogP contribution in [0.1, 0.15) is 24.0 Å². The number of primary amides is 1. The van der Waals surface area contributed by atoms with E-state index < -0.39 is 60.4 Å². The first-order valence-corrected chi connectivity index (χ1v) is 13.1. The van der Waals surface area contributed by atoms with Crippen LogP contribution in [0.15, 0.2) is 54.7 Å².